The Hall–Kier alpha value is -2.53. The van der Waals surface area contributed by atoms with E-state index in [4.69, 9.17) is 0 Å². The average Bonchev–Trinajstić information content (AvgIpc) is 3.03. The van der Waals surface area contributed by atoms with E-state index in [1.807, 2.05) is 30.5 Å². The van der Waals surface area contributed by atoms with Crippen molar-refractivity contribution in [2.24, 2.45) is 5.10 Å². The maximum atomic E-state index is 12.1. The number of benzene rings is 2. The van der Waals surface area contributed by atoms with Crippen LogP contribution in [0, 0.1) is 20.8 Å². The normalized spacial score (nSPS) is 11.3. The number of hydrogen-bond donors (Lipinski definition) is 2. The first-order valence-electron chi connectivity index (χ1n) is 8.13. The number of rotatable bonds is 5. The zero-order chi connectivity index (χ0) is 17.8. The number of fused-ring (bicyclic) bond motifs is 1. The Morgan fingerprint density at radius 2 is 1.96 bits per heavy atom. The highest BCUT2D eigenvalue weighted by Crippen LogP contribution is 2.27. The number of aryl methyl sites for hydroxylation is 3. The molecular formula is C20H21N3OS. The van der Waals surface area contributed by atoms with Crippen molar-refractivity contribution in [2.75, 3.05) is 5.75 Å². The maximum absolute atomic E-state index is 12.1. The Balaban J connectivity index is 1.59. The van der Waals surface area contributed by atoms with E-state index in [9.17, 15) is 4.79 Å². The van der Waals surface area contributed by atoms with Crippen LogP contribution in [0.5, 0.6) is 0 Å². The molecule has 25 heavy (non-hydrogen) atoms. The highest BCUT2D eigenvalue weighted by atomic mass is 32.2. The second-order valence-corrected chi connectivity index (χ2v) is 7.08. The van der Waals surface area contributed by atoms with Crippen molar-refractivity contribution in [3.8, 4) is 0 Å². The molecule has 4 nitrogen and oxygen atoms in total. The Morgan fingerprint density at radius 3 is 2.72 bits per heavy atom. The van der Waals surface area contributed by atoms with Crippen LogP contribution in [0.15, 0.2) is 52.6 Å². The SMILES string of the molecule is Cc1cc(C)c(SCC(=O)NN=Cc2cccc3[nH]ccc23)c(C)c1. The summed E-state index contributed by atoms with van der Waals surface area (Å²) in [5.41, 5.74) is 8.29. The summed E-state index contributed by atoms with van der Waals surface area (Å²) in [5.74, 6) is 0.234. The number of carbonyl (C=O) groups excluding carboxylic acids is 1. The number of hydrogen-bond acceptors (Lipinski definition) is 3. The van der Waals surface area contributed by atoms with Crippen LogP contribution in [-0.2, 0) is 4.79 Å². The van der Waals surface area contributed by atoms with Gasteiger partial charge in [0.05, 0.1) is 12.0 Å². The number of aromatic amines is 1. The van der Waals surface area contributed by atoms with Crippen LogP contribution in [0.1, 0.15) is 22.3 Å². The Morgan fingerprint density at radius 1 is 1.20 bits per heavy atom. The van der Waals surface area contributed by atoms with E-state index in [0.717, 1.165) is 16.5 Å². The number of carbonyl (C=O) groups is 1. The highest BCUT2D eigenvalue weighted by Gasteiger charge is 2.08. The van der Waals surface area contributed by atoms with Crippen LogP contribution in [-0.4, -0.2) is 22.9 Å². The lowest BCUT2D eigenvalue weighted by Gasteiger charge is -2.10. The predicted molar refractivity (Wildman–Crippen MR) is 105 cm³/mol. The second-order valence-electron chi connectivity index (χ2n) is 6.10. The van der Waals surface area contributed by atoms with Crippen molar-refractivity contribution in [1.82, 2.24) is 10.4 Å². The summed E-state index contributed by atoms with van der Waals surface area (Å²) < 4.78 is 0. The first kappa shape index (κ1) is 17.3. The fourth-order valence-electron chi connectivity index (χ4n) is 2.96. The fraction of sp³-hybridized carbons (Fsp3) is 0.200. The van der Waals surface area contributed by atoms with E-state index in [-0.39, 0.29) is 5.91 Å². The Labute approximate surface area is 151 Å². The first-order valence-corrected chi connectivity index (χ1v) is 9.12. The molecule has 0 unspecified atom stereocenters. The molecule has 128 valence electrons. The van der Waals surface area contributed by atoms with Gasteiger partial charge in [-0.15, -0.1) is 11.8 Å². The third kappa shape index (κ3) is 4.12. The van der Waals surface area contributed by atoms with Gasteiger partial charge in [0.1, 0.15) is 0 Å². The molecule has 0 aliphatic heterocycles. The van der Waals surface area contributed by atoms with Crippen molar-refractivity contribution in [2.45, 2.75) is 25.7 Å². The number of nitrogens with zero attached hydrogens (tertiary/aromatic N) is 1. The van der Waals surface area contributed by atoms with Crippen molar-refractivity contribution in [3.05, 3.63) is 64.8 Å². The van der Waals surface area contributed by atoms with Gasteiger partial charge < -0.3 is 4.98 Å². The third-order valence-corrected chi connectivity index (χ3v) is 5.31. The van der Waals surface area contributed by atoms with E-state index < -0.39 is 0 Å². The van der Waals surface area contributed by atoms with Gasteiger partial charge in [-0.1, -0.05) is 29.8 Å². The van der Waals surface area contributed by atoms with Crippen LogP contribution < -0.4 is 5.43 Å². The van der Waals surface area contributed by atoms with Gasteiger partial charge in [0.25, 0.3) is 0 Å². The summed E-state index contributed by atoms with van der Waals surface area (Å²) in [6.45, 7) is 6.24. The largest absolute Gasteiger partial charge is 0.361 e. The molecule has 2 aromatic carbocycles. The van der Waals surface area contributed by atoms with Gasteiger partial charge in [0.2, 0.25) is 5.91 Å². The lowest BCUT2D eigenvalue weighted by Crippen LogP contribution is -2.19. The predicted octanol–water partition coefficient (Wildman–Crippen LogP) is 4.34. The molecule has 2 N–H and O–H groups in total. The van der Waals surface area contributed by atoms with Crippen LogP contribution >= 0.6 is 11.8 Å². The molecule has 0 aliphatic carbocycles. The molecule has 3 aromatic rings. The number of aromatic nitrogens is 1. The zero-order valence-electron chi connectivity index (χ0n) is 14.6. The standard InChI is InChI=1S/C20H21N3OS/c1-13-9-14(2)20(15(3)10-13)25-12-19(24)23-22-11-16-5-4-6-18-17(16)7-8-21-18/h4-11,21H,12H2,1-3H3,(H,23,24). The van der Waals surface area contributed by atoms with Crippen molar-refractivity contribution in [3.63, 3.8) is 0 Å². The summed E-state index contributed by atoms with van der Waals surface area (Å²) in [6, 6.07) is 12.2. The number of thioether (sulfide) groups is 1. The van der Waals surface area contributed by atoms with Crippen LogP contribution in [0.2, 0.25) is 0 Å². The van der Waals surface area contributed by atoms with Gasteiger partial charge in [0.15, 0.2) is 0 Å². The molecule has 0 fully saturated rings. The number of hydrazone groups is 1. The van der Waals surface area contributed by atoms with E-state index in [1.165, 1.54) is 21.6 Å². The quantitative estimate of drug-likeness (QED) is 0.408. The van der Waals surface area contributed by atoms with E-state index in [1.54, 1.807) is 18.0 Å². The van der Waals surface area contributed by atoms with Crippen molar-refractivity contribution in [1.29, 1.82) is 0 Å². The molecular weight excluding hydrogens is 330 g/mol. The molecule has 0 spiro atoms. The van der Waals surface area contributed by atoms with Crippen LogP contribution in [0.3, 0.4) is 0 Å². The molecule has 0 saturated heterocycles. The van der Waals surface area contributed by atoms with Crippen molar-refractivity contribution < 1.29 is 4.79 Å². The number of amides is 1. The molecule has 0 radical (unpaired) electrons. The summed E-state index contributed by atoms with van der Waals surface area (Å²) in [7, 11) is 0. The lowest BCUT2D eigenvalue weighted by molar-refractivity contribution is -0.118. The topological polar surface area (TPSA) is 57.2 Å². The van der Waals surface area contributed by atoms with Gasteiger partial charge in [-0.2, -0.15) is 5.10 Å². The summed E-state index contributed by atoms with van der Waals surface area (Å²) in [4.78, 5) is 16.4. The van der Waals surface area contributed by atoms with Gasteiger partial charge in [-0.25, -0.2) is 5.43 Å². The minimum atomic E-state index is -0.109. The molecule has 0 aliphatic rings. The molecule has 0 bridgehead atoms. The number of H-pyrrole nitrogens is 1. The van der Waals surface area contributed by atoms with E-state index >= 15 is 0 Å². The third-order valence-electron chi connectivity index (χ3n) is 3.97. The van der Waals surface area contributed by atoms with Gasteiger partial charge in [-0.05, 0) is 44.0 Å². The minimum absolute atomic E-state index is 0.109. The Bertz CT molecular complexity index is 920. The molecule has 0 atom stereocenters. The molecule has 1 heterocycles. The monoisotopic (exact) mass is 351 g/mol. The lowest BCUT2D eigenvalue weighted by atomic mass is 10.1. The molecule has 5 heteroatoms. The smallest absolute Gasteiger partial charge is 0.250 e. The van der Waals surface area contributed by atoms with Gasteiger partial charge >= 0.3 is 0 Å². The summed E-state index contributed by atoms with van der Waals surface area (Å²) >= 11 is 1.55. The van der Waals surface area contributed by atoms with E-state index in [2.05, 4.69) is 48.4 Å². The Kier molecular flexibility index (Phi) is 5.24. The van der Waals surface area contributed by atoms with Crippen LogP contribution in [0.25, 0.3) is 10.9 Å². The fourth-order valence-corrected chi connectivity index (χ4v) is 3.87. The van der Waals surface area contributed by atoms with Gasteiger partial charge in [-0.3, -0.25) is 4.79 Å². The van der Waals surface area contributed by atoms with Gasteiger partial charge in [0, 0.05) is 27.6 Å². The van der Waals surface area contributed by atoms with E-state index in [0.29, 0.717) is 5.75 Å². The summed E-state index contributed by atoms with van der Waals surface area (Å²) in [6.07, 6.45) is 3.57. The molecule has 0 saturated carbocycles. The second kappa shape index (κ2) is 7.57. The molecule has 1 aromatic heterocycles. The molecule has 3 rings (SSSR count). The molecule has 1 amide bonds. The zero-order valence-corrected chi connectivity index (χ0v) is 15.4. The number of nitrogens with one attached hydrogen (secondary N) is 2. The van der Waals surface area contributed by atoms with Crippen LogP contribution in [0.4, 0.5) is 0 Å². The first-order chi connectivity index (χ1) is 12.0. The maximum Gasteiger partial charge on any atom is 0.250 e. The van der Waals surface area contributed by atoms with Crippen molar-refractivity contribution >= 4 is 34.8 Å². The minimum Gasteiger partial charge on any atom is -0.361 e. The highest BCUT2D eigenvalue weighted by molar-refractivity contribution is 8.00. The summed E-state index contributed by atoms with van der Waals surface area (Å²) in [5, 5.41) is 5.17. The average molecular weight is 351 g/mol.